The van der Waals surface area contributed by atoms with Crippen molar-refractivity contribution >= 4 is 17.8 Å². The Morgan fingerprint density at radius 2 is 1.79 bits per heavy atom. The summed E-state index contributed by atoms with van der Waals surface area (Å²) in [4.78, 5) is 12.4. The van der Waals surface area contributed by atoms with Gasteiger partial charge >= 0.3 is 0 Å². The summed E-state index contributed by atoms with van der Waals surface area (Å²) in [5, 5.41) is 10.6. The molecule has 0 atom stereocenters. The highest BCUT2D eigenvalue weighted by Gasteiger charge is 2.03. The van der Waals surface area contributed by atoms with Gasteiger partial charge in [-0.15, -0.1) is 0 Å². The zero-order valence-corrected chi connectivity index (χ0v) is 11.3. The minimum Gasteiger partial charge on any atom is -0.259 e. The molecular weight excluding hydrogens is 258 g/mol. The maximum atomic E-state index is 10.6. The number of allylic oxidation sites excluding steroid dienone is 1. The number of hydrogen-bond donors (Lipinski definition) is 0. The van der Waals surface area contributed by atoms with Crippen LogP contribution >= 0.6 is 11.8 Å². The van der Waals surface area contributed by atoms with Gasteiger partial charge in [0.2, 0.25) is 5.70 Å². The molecule has 2 aromatic carbocycles. The predicted octanol–water partition coefficient (Wildman–Crippen LogP) is 4.48. The zero-order valence-electron chi connectivity index (χ0n) is 10.4. The fourth-order valence-electron chi connectivity index (χ4n) is 1.59. The van der Waals surface area contributed by atoms with Gasteiger partial charge in [-0.3, -0.25) is 10.1 Å². The number of rotatable bonds is 4. The first-order valence-corrected chi connectivity index (χ1v) is 6.62. The third-order valence-corrected chi connectivity index (χ3v) is 3.50. The molecule has 0 aliphatic carbocycles. The van der Waals surface area contributed by atoms with Crippen LogP contribution in [0.3, 0.4) is 0 Å². The summed E-state index contributed by atoms with van der Waals surface area (Å²) in [5.41, 5.74) is 0.983. The van der Waals surface area contributed by atoms with Crippen molar-refractivity contribution < 1.29 is 4.92 Å². The third kappa shape index (κ3) is 3.96. The van der Waals surface area contributed by atoms with E-state index < -0.39 is 0 Å². The minimum absolute atomic E-state index is 0.141. The molecule has 19 heavy (non-hydrogen) atoms. The third-order valence-electron chi connectivity index (χ3n) is 2.50. The van der Waals surface area contributed by atoms with E-state index in [-0.39, 0.29) is 10.6 Å². The van der Waals surface area contributed by atoms with Crippen LogP contribution in [0.15, 0.2) is 70.1 Å². The van der Waals surface area contributed by atoms with E-state index >= 15 is 0 Å². The summed E-state index contributed by atoms with van der Waals surface area (Å²) in [6.07, 6.45) is 1.58. The Morgan fingerprint density at radius 1 is 1.11 bits per heavy atom. The smallest absolute Gasteiger partial charge is 0.243 e. The molecule has 0 fully saturated rings. The van der Waals surface area contributed by atoms with Crippen molar-refractivity contribution in [2.45, 2.75) is 16.7 Å². The lowest BCUT2D eigenvalue weighted by Crippen LogP contribution is -1.92. The van der Waals surface area contributed by atoms with Crippen LogP contribution in [-0.2, 0) is 0 Å². The molecule has 0 amide bonds. The van der Waals surface area contributed by atoms with Gasteiger partial charge in [-0.2, -0.15) is 0 Å². The fourth-order valence-corrected chi connectivity index (χ4v) is 2.49. The first-order valence-electron chi connectivity index (χ1n) is 5.81. The normalized spacial score (nSPS) is 11.3. The molecule has 0 heterocycles. The maximum absolute atomic E-state index is 10.6. The second kappa shape index (κ2) is 6.20. The number of nitro groups is 1. The van der Waals surface area contributed by atoms with E-state index in [1.165, 1.54) is 6.92 Å². The van der Waals surface area contributed by atoms with E-state index in [1.54, 1.807) is 17.8 Å². The molecule has 4 heteroatoms. The van der Waals surface area contributed by atoms with E-state index in [4.69, 9.17) is 0 Å². The average molecular weight is 271 g/mol. The van der Waals surface area contributed by atoms with Gasteiger partial charge in [0.05, 0.1) is 4.92 Å². The van der Waals surface area contributed by atoms with Crippen LogP contribution in [0.4, 0.5) is 0 Å². The SMILES string of the molecule is CC(=Cc1cccc(Sc2ccccc2)c1)[N+](=O)[O-]. The molecule has 0 saturated heterocycles. The number of nitrogens with zero attached hydrogens (tertiary/aromatic N) is 1. The van der Waals surface area contributed by atoms with Crippen LogP contribution in [0.5, 0.6) is 0 Å². The van der Waals surface area contributed by atoms with Gasteiger partial charge in [0.15, 0.2) is 0 Å². The Hall–Kier alpha value is -2.07. The highest BCUT2D eigenvalue weighted by Crippen LogP contribution is 2.28. The Morgan fingerprint density at radius 3 is 2.47 bits per heavy atom. The van der Waals surface area contributed by atoms with Crippen LogP contribution in [0.2, 0.25) is 0 Å². The summed E-state index contributed by atoms with van der Waals surface area (Å²) >= 11 is 1.64. The standard InChI is InChI=1S/C15H13NO2S/c1-12(16(17)18)10-13-6-5-9-15(11-13)19-14-7-3-2-4-8-14/h2-11H,1H3. The monoisotopic (exact) mass is 271 g/mol. The lowest BCUT2D eigenvalue weighted by molar-refractivity contribution is -0.422. The summed E-state index contributed by atoms with van der Waals surface area (Å²) in [6, 6.07) is 17.7. The molecule has 2 rings (SSSR count). The Balaban J connectivity index is 2.20. The van der Waals surface area contributed by atoms with E-state index in [2.05, 4.69) is 0 Å². The average Bonchev–Trinajstić information content (AvgIpc) is 2.40. The van der Waals surface area contributed by atoms with Crippen molar-refractivity contribution in [1.29, 1.82) is 0 Å². The second-order valence-electron chi connectivity index (χ2n) is 4.03. The molecule has 0 spiro atoms. The van der Waals surface area contributed by atoms with Crippen molar-refractivity contribution in [3.8, 4) is 0 Å². The van der Waals surface area contributed by atoms with Gasteiger partial charge in [-0.1, -0.05) is 42.1 Å². The van der Waals surface area contributed by atoms with Gasteiger partial charge in [0.1, 0.15) is 0 Å². The zero-order chi connectivity index (χ0) is 13.7. The topological polar surface area (TPSA) is 43.1 Å². The lowest BCUT2D eigenvalue weighted by Gasteiger charge is -2.02. The molecule has 0 aliphatic rings. The highest BCUT2D eigenvalue weighted by atomic mass is 32.2. The molecule has 96 valence electrons. The Bertz CT molecular complexity index is 609. The molecule has 0 aromatic heterocycles. The minimum atomic E-state index is -0.378. The molecule has 0 N–H and O–H groups in total. The summed E-state index contributed by atoms with van der Waals surface area (Å²) in [5.74, 6) is 0. The molecule has 0 aliphatic heterocycles. The van der Waals surface area contributed by atoms with Gasteiger partial charge in [0, 0.05) is 22.8 Å². The van der Waals surface area contributed by atoms with E-state index in [0.717, 1.165) is 15.4 Å². The first kappa shape index (κ1) is 13.4. The van der Waals surface area contributed by atoms with Gasteiger partial charge in [-0.05, 0) is 29.8 Å². The van der Waals surface area contributed by atoms with E-state index in [9.17, 15) is 10.1 Å². The Labute approximate surface area is 116 Å². The number of benzene rings is 2. The van der Waals surface area contributed by atoms with Crippen molar-refractivity contribution in [3.63, 3.8) is 0 Å². The van der Waals surface area contributed by atoms with Crippen LogP contribution in [0, 0.1) is 10.1 Å². The maximum Gasteiger partial charge on any atom is 0.243 e. The molecule has 2 aromatic rings. The Kier molecular flexibility index (Phi) is 4.36. The van der Waals surface area contributed by atoms with E-state index in [0.29, 0.717) is 0 Å². The van der Waals surface area contributed by atoms with Crippen molar-refractivity contribution in [3.05, 3.63) is 76.0 Å². The summed E-state index contributed by atoms with van der Waals surface area (Å²) < 4.78 is 0. The van der Waals surface area contributed by atoms with E-state index in [1.807, 2.05) is 54.6 Å². The molecular formula is C15H13NO2S. The van der Waals surface area contributed by atoms with Crippen LogP contribution in [0.25, 0.3) is 6.08 Å². The lowest BCUT2D eigenvalue weighted by atomic mass is 10.2. The van der Waals surface area contributed by atoms with Crippen LogP contribution in [0.1, 0.15) is 12.5 Å². The van der Waals surface area contributed by atoms with Gasteiger partial charge < -0.3 is 0 Å². The second-order valence-corrected chi connectivity index (χ2v) is 5.18. The largest absolute Gasteiger partial charge is 0.259 e. The highest BCUT2D eigenvalue weighted by molar-refractivity contribution is 7.99. The van der Waals surface area contributed by atoms with Crippen LogP contribution in [-0.4, -0.2) is 4.92 Å². The van der Waals surface area contributed by atoms with Crippen molar-refractivity contribution in [2.24, 2.45) is 0 Å². The van der Waals surface area contributed by atoms with Gasteiger partial charge in [-0.25, -0.2) is 0 Å². The fraction of sp³-hybridized carbons (Fsp3) is 0.0667. The molecule has 0 saturated carbocycles. The summed E-state index contributed by atoms with van der Waals surface area (Å²) in [6.45, 7) is 1.50. The predicted molar refractivity (Wildman–Crippen MR) is 77.7 cm³/mol. The number of hydrogen-bond acceptors (Lipinski definition) is 3. The van der Waals surface area contributed by atoms with Crippen molar-refractivity contribution in [2.75, 3.05) is 0 Å². The molecule has 0 radical (unpaired) electrons. The van der Waals surface area contributed by atoms with Crippen LogP contribution < -0.4 is 0 Å². The summed E-state index contributed by atoms with van der Waals surface area (Å²) in [7, 11) is 0. The molecule has 3 nitrogen and oxygen atoms in total. The quantitative estimate of drug-likeness (QED) is 0.608. The van der Waals surface area contributed by atoms with Gasteiger partial charge in [0.25, 0.3) is 0 Å². The van der Waals surface area contributed by atoms with Crippen molar-refractivity contribution in [1.82, 2.24) is 0 Å². The first-order chi connectivity index (χ1) is 9.15. The molecule has 0 bridgehead atoms. The molecule has 0 unspecified atom stereocenters.